The monoisotopic (exact) mass is 384 g/mol. The van der Waals surface area contributed by atoms with Gasteiger partial charge in [-0.3, -0.25) is 9.89 Å². The Morgan fingerprint density at radius 2 is 2.00 bits per heavy atom. The largest absolute Gasteiger partial charge is 0.379 e. The number of nitrogens with zero attached hydrogens (tertiary/aromatic N) is 3. The van der Waals surface area contributed by atoms with Crippen molar-refractivity contribution in [2.75, 3.05) is 46.4 Å². The predicted octanol–water partition coefficient (Wildman–Crippen LogP) is 2.97. The molecular formula is C23H36N4O. The molecule has 4 rings (SSSR count). The normalized spacial score (nSPS) is 26.2. The van der Waals surface area contributed by atoms with Crippen LogP contribution in [-0.4, -0.2) is 68.2 Å². The first-order chi connectivity index (χ1) is 13.8. The number of hydrogen-bond donors (Lipinski definition) is 1. The van der Waals surface area contributed by atoms with Crippen LogP contribution in [0.4, 0.5) is 0 Å². The fourth-order valence-electron chi connectivity index (χ4n) is 4.82. The molecule has 0 radical (unpaired) electrons. The number of likely N-dealkylation sites (tertiary alicyclic amines) is 2. The van der Waals surface area contributed by atoms with Crippen molar-refractivity contribution in [1.82, 2.24) is 15.1 Å². The average Bonchev–Trinajstić information content (AvgIpc) is 3.56. The van der Waals surface area contributed by atoms with Crippen LogP contribution in [0.15, 0.2) is 35.3 Å². The molecule has 5 nitrogen and oxygen atoms in total. The van der Waals surface area contributed by atoms with Crippen LogP contribution in [0.5, 0.6) is 0 Å². The molecule has 154 valence electrons. The van der Waals surface area contributed by atoms with Gasteiger partial charge >= 0.3 is 0 Å². The van der Waals surface area contributed by atoms with Gasteiger partial charge in [-0.1, -0.05) is 30.3 Å². The number of guanidine groups is 1. The molecule has 3 fully saturated rings. The molecule has 2 unspecified atom stereocenters. The molecule has 0 aromatic heterocycles. The SMILES string of the molecule is CN=C(NCCOCC1CC1)N1CCC2C(CCCN2Cc2ccccc2)C1. The Bertz CT molecular complexity index is 631. The van der Waals surface area contributed by atoms with Crippen LogP contribution >= 0.6 is 0 Å². The van der Waals surface area contributed by atoms with Crippen molar-refractivity contribution < 1.29 is 4.74 Å². The van der Waals surface area contributed by atoms with Crippen LogP contribution in [0, 0.1) is 11.8 Å². The summed E-state index contributed by atoms with van der Waals surface area (Å²) in [5.74, 6) is 2.63. The third kappa shape index (κ3) is 5.26. The minimum atomic E-state index is 0.713. The summed E-state index contributed by atoms with van der Waals surface area (Å²) in [4.78, 5) is 9.73. The smallest absolute Gasteiger partial charge is 0.193 e. The topological polar surface area (TPSA) is 40.1 Å². The quantitative estimate of drug-likeness (QED) is 0.446. The number of piperidine rings is 2. The van der Waals surface area contributed by atoms with Crippen LogP contribution in [0.25, 0.3) is 0 Å². The zero-order valence-corrected chi connectivity index (χ0v) is 17.4. The summed E-state index contributed by atoms with van der Waals surface area (Å²) in [5.41, 5.74) is 1.44. The molecule has 5 heteroatoms. The number of nitrogens with one attached hydrogen (secondary N) is 1. The number of hydrogen-bond acceptors (Lipinski definition) is 3. The summed E-state index contributed by atoms with van der Waals surface area (Å²) in [5, 5.41) is 3.52. The van der Waals surface area contributed by atoms with E-state index in [1.165, 1.54) is 44.2 Å². The van der Waals surface area contributed by atoms with Crippen molar-refractivity contribution in [3.05, 3.63) is 35.9 Å². The third-order valence-electron chi connectivity index (χ3n) is 6.50. The lowest BCUT2D eigenvalue weighted by atomic mass is 9.83. The van der Waals surface area contributed by atoms with Crippen molar-refractivity contribution in [3.63, 3.8) is 0 Å². The highest BCUT2D eigenvalue weighted by molar-refractivity contribution is 5.80. The molecule has 2 atom stereocenters. The van der Waals surface area contributed by atoms with Crippen molar-refractivity contribution in [1.29, 1.82) is 0 Å². The van der Waals surface area contributed by atoms with Crippen molar-refractivity contribution >= 4 is 5.96 Å². The average molecular weight is 385 g/mol. The summed E-state index contributed by atoms with van der Waals surface area (Å²) in [7, 11) is 1.90. The first-order valence-corrected chi connectivity index (χ1v) is 11.1. The second kappa shape index (κ2) is 9.75. The van der Waals surface area contributed by atoms with Crippen LogP contribution in [0.2, 0.25) is 0 Å². The number of ether oxygens (including phenoxy) is 1. The van der Waals surface area contributed by atoms with Gasteiger partial charge in [-0.25, -0.2) is 0 Å². The molecule has 0 bridgehead atoms. The van der Waals surface area contributed by atoms with E-state index < -0.39 is 0 Å². The van der Waals surface area contributed by atoms with Gasteiger partial charge in [0.25, 0.3) is 0 Å². The Morgan fingerprint density at radius 1 is 1.14 bits per heavy atom. The minimum Gasteiger partial charge on any atom is -0.379 e. The molecule has 1 N–H and O–H groups in total. The molecule has 2 heterocycles. The molecule has 0 spiro atoms. The van der Waals surface area contributed by atoms with E-state index in [1.54, 1.807) is 0 Å². The maximum absolute atomic E-state index is 5.75. The highest BCUT2D eigenvalue weighted by Gasteiger charge is 2.36. The predicted molar refractivity (Wildman–Crippen MR) is 114 cm³/mol. The molecule has 1 aromatic rings. The third-order valence-corrected chi connectivity index (χ3v) is 6.50. The molecule has 1 aromatic carbocycles. The summed E-state index contributed by atoms with van der Waals surface area (Å²) >= 11 is 0. The van der Waals surface area contributed by atoms with Crippen LogP contribution in [0.1, 0.15) is 37.7 Å². The number of benzene rings is 1. The first-order valence-electron chi connectivity index (χ1n) is 11.1. The maximum Gasteiger partial charge on any atom is 0.193 e. The van der Waals surface area contributed by atoms with Crippen LogP contribution in [0.3, 0.4) is 0 Å². The molecule has 0 amide bonds. The minimum absolute atomic E-state index is 0.713. The lowest BCUT2D eigenvalue weighted by Gasteiger charge is -2.48. The molecule has 1 aliphatic carbocycles. The number of rotatable bonds is 7. The maximum atomic E-state index is 5.75. The van der Waals surface area contributed by atoms with E-state index in [9.17, 15) is 0 Å². The first kappa shape index (κ1) is 19.7. The van der Waals surface area contributed by atoms with Gasteiger partial charge in [-0.15, -0.1) is 0 Å². The standard InChI is InChI=1S/C23H36N4O/c1-24-23(25-12-15-28-18-20-9-10-20)27-14-11-22-21(17-27)8-5-13-26(22)16-19-6-3-2-4-7-19/h2-4,6-7,20-22H,5,8-18H2,1H3,(H,24,25). The van der Waals surface area contributed by atoms with Gasteiger partial charge in [-0.05, 0) is 56.0 Å². The molecule has 1 saturated carbocycles. The van der Waals surface area contributed by atoms with E-state index in [-0.39, 0.29) is 0 Å². The van der Waals surface area contributed by atoms with E-state index >= 15 is 0 Å². The molecule has 3 aliphatic rings. The van der Waals surface area contributed by atoms with Crippen LogP contribution < -0.4 is 5.32 Å². The zero-order chi connectivity index (χ0) is 19.2. The van der Waals surface area contributed by atoms with E-state index in [0.29, 0.717) is 6.04 Å². The Labute approximate surface area is 170 Å². The molecule has 28 heavy (non-hydrogen) atoms. The van der Waals surface area contributed by atoms with E-state index in [0.717, 1.165) is 57.2 Å². The van der Waals surface area contributed by atoms with Gasteiger partial charge in [0.05, 0.1) is 6.61 Å². The Morgan fingerprint density at radius 3 is 2.79 bits per heavy atom. The summed E-state index contributed by atoms with van der Waals surface area (Å²) in [6.07, 6.45) is 6.59. The second-order valence-corrected chi connectivity index (χ2v) is 8.65. The van der Waals surface area contributed by atoms with Gasteiger partial charge in [0.1, 0.15) is 0 Å². The molecular weight excluding hydrogens is 348 g/mol. The van der Waals surface area contributed by atoms with Gasteiger partial charge in [0.15, 0.2) is 5.96 Å². The highest BCUT2D eigenvalue weighted by Crippen LogP contribution is 2.31. The van der Waals surface area contributed by atoms with Crippen molar-refractivity contribution in [2.45, 2.75) is 44.7 Å². The molecule has 2 aliphatic heterocycles. The number of aliphatic imine (C=N–C) groups is 1. The summed E-state index contributed by atoms with van der Waals surface area (Å²) in [6.45, 7) is 7.11. The Hall–Kier alpha value is -1.59. The zero-order valence-electron chi connectivity index (χ0n) is 17.4. The Kier molecular flexibility index (Phi) is 6.86. The number of fused-ring (bicyclic) bond motifs is 1. The summed E-state index contributed by atoms with van der Waals surface area (Å²) in [6, 6.07) is 11.7. The fraction of sp³-hybridized carbons (Fsp3) is 0.696. The molecule has 2 saturated heterocycles. The highest BCUT2D eigenvalue weighted by atomic mass is 16.5. The van der Waals surface area contributed by atoms with Crippen molar-refractivity contribution in [3.8, 4) is 0 Å². The van der Waals surface area contributed by atoms with E-state index in [2.05, 4.69) is 50.4 Å². The lowest BCUT2D eigenvalue weighted by molar-refractivity contribution is 0.0370. The van der Waals surface area contributed by atoms with Gasteiger partial charge < -0.3 is 15.0 Å². The summed E-state index contributed by atoms with van der Waals surface area (Å²) < 4.78 is 5.75. The second-order valence-electron chi connectivity index (χ2n) is 8.65. The Balaban J connectivity index is 1.25. The van der Waals surface area contributed by atoms with Crippen LogP contribution in [-0.2, 0) is 11.3 Å². The van der Waals surface area contributed by atoms with Gasteiger partial charge in [-0.2, -0.15) is 0 Å². The van der Waals surface area contributed by atoms with Gasteiger partial charge in [0.2, 0.25) is 0 Å². The van der Waals surface area contributed by atoms with Crippen molar-refractivity contribution in [2.24, 2.45) is 16.8 Å². The fourth-order valence-corrected chi connectivity index (χ4v) is 4.82. The van der Waals surface area contributed by atoms with Gasteiger partial charge in [0, 0.05) is 45.9 Å². The van der Waals surface area contributed by atoms with E-state index in [1.807, 2.05) is 7.05 Å². The van der Waals surface area contributed by atoms with E-state index in [4.69, 9.17) is 4.74 Å². The lowest BCUT2D eigenvalue weighted by Crippen LogP contribution is -2.56.